The third-order valence-corrected chi connectivity index (χ3v) is 4.70. The van der Waals surface area contributed by atoms with Crippen LogP contribution in [0.2, 0.25) is 0 Å². The van der Waals surface area contributed by atoms with E-state index in [4.69, 9.17) is 4.74 Å². The minimum Gasteiger partial charge on any atom is -0.444 e. The van der Waals surface area contributed by atoms with Crippen molar-refractivity contribution in [3.63, 3.8) is 0 Å². The lowest BCUT2D eigenvalue weighted by molar-refractivity contribution is -0.0121. The topological polar surface area (TPSA) is 32.8 Å². The number of likely N-dealkylation sites (tertiary alicyclic amines) is 2. The summed E-state index contributed by atoms with van der Waals surface area (Å²) in [4.78, 5) is 17.0. The van der Waals surface area contributed by atoms with E-state index in [1.807, 2.05) is 25.7 Å². The minimum absolute atomic E-state index is 0.118. The molecule has 0 aromatic heterocycles. The summed E-state index contributed by atoms with van der Waals surface area (Å²) in [5, 5.41) is 0. The molecule has 122 valence electrons. The van der Waals surface area contributed by atoms with Crippen molar-refractivity contribution >= 4 is 6.09 Å². The van der Waals surface area contributed by atoms with E-state index in [0.717, 1.165) is 19.5 Å². The van der Waals surface area contributed by atoms with E-state index in [0.29, 0.717) is 17.9 Å². The Balaban J connectivity index is 2.07. The summed E-state index contributed by atoms with van der Waals surface area (Å²) in [6.07, 6.45) is 4.72. The molecule has 2 aliphatic rings. The van der Waals surface area contributed by atoms with Crippen molar-refractivity contribution in [3.05, 3.63) is 0 Å². The first-order valence-corrected chi connectivity index (χ1v) is 8.44. The molecule has 0 aromatic rings. The van der Waals surface area contributed by atoms with E-state index >= 15 is 0 Å². The second-order valence-corrected chi connectivity index (χ2v) is 8.05. The Kier molecular flexibility index (Phi) is 5.18. The van der Waals surface area contributed by atoms with Crippen molar-refractivity contribution in [2.75, 3.05) is 26.7 Å². The summed E-state index contributed by atoms with van der Waals surface area (Å²) in [5.74, 6) is 1.18. The third-order valence-electron chi connectivity index (χ3n) is 4.70. The summed E-state index contributed by atoms with van der Waals surface area (Å²) in [6, 6.07) is 0.360. The zero-order valence-corrected chi connectivity index (χ0v) is 14.4. The molecule has 0 bridgehead atoms. The molecule has 2 aliphatic heterocycles. The highest BCUT2D eigenvalue weighted by atomic mass is 16.6. The predicted molar refractivity (Wildman–Crippen MR) is 85.3 cm³/mol. The summed E-state index contributed by atoms with van der Waals surface area (Å²) in [5.41, 5.74) is -0.411. The van der Waals surface area contributed by atoms with Crippen molar-refractivity contribution in [1.82, 2.24) is 9.80 Å². The fourth-order valence-corrected chi connectivity index (χ4v) is 3.71. The molecule has 0 spiro atoms. The number of hydrogen-bond donors (Lipinski definition) is 0. The lowest BCUT2D eigenvalue weighted by Crippen LogP contribution is -2.54. The van der Waals surface area contributed by atoms with Crippen molar-refractivity contribution in [1.29, 1.82) is 0 Å². The molecular formula is C17H32N2O2. The Labute approximate surface area is 129 Å². The molecule has 2 saturated heterocycles. The highest BCUT2D eigenvalue weighted by Crippen LogP contribution is 2.32. The SMILES string of the molecule is C[C@H]1CC[C@H]([C@@H]2CCCN(C)C2)N(C(=O)OC(C)(C)C)C1. The first-order chi connectivity index (χ1) is 9.76. The van der Waals surface area contributed by atoms with Gasteiger partial charge in [-0.3, -0.25) is 0 Å². The fourth-order valence-electron chi connectivity index (χ4n) is 3.71. The number of ether oxygens (including phenoxy) is 1. The van der Waals surface area contributed by atoms with Crippen LogP contribution < -0.4 is 0 Å². The molecule has 0 radical (unpaired) electrons. The van der Waals surface area contributed by atoms with Gasteiger partial charge in [0, 0.05) is 19.1 Å². The van der Waals surface area contributed by atoms with Crippen molar-refractivity contribution in [2.45, 2.75) is 65.0 Å². The molecule has 0 aliphatic carbocycles. The van der Waals surface area contributed by atoms with Crippen LogP contribution in [0.4, 0.5) is 4.79 Å². The van der Waals surface area contributed by atoms with Crippen LogP contribution in [-0.2, 0) is 4.74 Å². The molecule has 4 heteroatoms. The number of nitrogens with zero attached hydrogens (tertiary/aromatic N) is 2. The highest BCUT2D eigenvalue weighted by molar-refractivity contribution is 5.68. The summed E-state index contributed by atoms with van der Waals surface area (Å²) in [6.45, 7) is 11.2. The molecular weight excluding hydrogens is 264 g/mol. The average Bonchev–Trinajstić information content (AvgIpc) is 2.36. The van der Waals surface area contributed by atoms with E-state index in [9.17, 15) is 4.79 Å². The predicted octanol–water partition coefficient (Wildman–Crippen LogP) is 3.36. The van der Waals surface area contributed by atoms with Crippen LogP contribution in [0.5, 0.6) is 0 Å². The lowest BCUT2D eigenvalue weighted by atomic mass is 9.82. The maximum atomic E-state index is 12.6. The number of rotatable bonds is 1. The van der Waals surface area contributed by atoms with Gasteiger partial charge < -0.3 is 14.5 Å². The molecule has 0 saturated carbocycles. The van der Waals surface area contributed by atoms with Gasteiger partial charge in [-0.15, -0.1) is 0 Å². The second kappa shape index (κ2) is 6.55. The molecule has 0 N–H and O–H groups in total. The van der Waals surface area contributed by atoms with Gasteiger partial charge in [0.2, 0.25) is 0 Å². The van der Waals surface area contributed by atoms with Gasteiger partial charge in [-0.05, 0) is 71.9 Å². The van der Waals surface area contributed by atoms with Gasteiger partial charge in [-0.25, -0.2) is 4.79 Å². The van der Waals surface area contributed by atoms with Crippen LogP contribution in [0, 0.1) is 11.8 Å². The molecule has 3 atom stereocenters. The average molecular weight is 296 g/mol. The normalized spacial score (nSPS) is 32.0. The summed E-state index contributed by atoms with van der Waals surface area (Å²) in [7, 11) is 2.19. The minimum atomic E-state index is -0.411. The monoisotopic (exact) mass is 296 g/mol. The molecule has 21 heavy (non-hydrogen) atoms. The van der Waals surface area contributed by atoms with E-state index in [1.54, 1.807) is 0 Å². The Morgan fingerprint density at radius 3 is 2.48 bits per heavy atom. The number of carbonyl (C=O) groups is 1. The Morgan fingerprint density at radius 1 is 1.14 bits per heavy atom. The molecule has 2 heterocycles. The van der Waals surface area contributed by atoms with Crippen LogP contribution >= 0.6 is 0 Å². The third kappa shape index (κ3) is 4.60. The van der Waals surface area contributed by atoms with Crippen molar-refractivity contribution in [2.24, 2.45) is 11.8 Å². The Bertz CT molecular complexity index is 364. The number of piperidine rings is 2. The van der Waals surface area contributed by atoms with Gasteiger partial charge in [0.05, 0.1) is 0 Å². The lowest BCUT2D eigenvalue weighted by Gasteiger charge is -2.45. The quantitative estimate of drug-likeness (QED) is 0.744. The van der Waals surface area contributed by atoms with Gasteiger partial charge >= 0.3 is 6.09 Å². The highest BCUT2D eigenvalue weighted by Gasteiger charge is 2.38. The van der Waals surface area contributed by atoms with Crippen LogP contribution in [0.3, 0.4) is 0 Å². The maximum absolute atomic E-state index is 12.6. The summed E-state index contributed by atoms with van der Waals surface area (Å²) < 4.78 is 5.65. The molecule has 4 nitrogen and oxygen atoms in total. The van der Waals surface area contributed by atoms with Gasteiger partial charge in [-0.1, -0.05) is 6.92 Å². The van der Waals surface area contributed by atoms with Gasteiger partial charge in [0.1, 0.15) is 5.60 Å². The number of hydrogen-bond acceptors (Lipinski definition) is 3. The molecule has 2 rings (SSSR count). The van der Waals surface area contributed by atoms with Gasteiger partial charge in [0.25, 0.3) is 0 Å². The van der Waals surface area contributed by atoms with Crippen LogP contribution in [0.15, 0.2) is 0 Å². The van der Waals surface area contributed by atoms with E-state index < -0.39 is 5.60 Å². The van der Waals surface area contributed by atoms with Crippen molar-refractivity contribution < 1.29 is 9.53 Å². The largest absolute Gasteiger partial charge is 0.444 e. The zero-order valence-electron chi connectivity index (χ0n) is 14.4. The second-order valence-electron chi connectivity index (χ2n) is 8.05. The van der Waals surface area contributed by atoms with E-state index in [2.05, 4.69) is 18.9 Å². The number of amides is 1. The summed E-state index contributed by atoms with van der Waals surface area (Å²) >= 11 is 0. The van der Waals surface area contributed by atoms with Crippen LogP contribution in [-0.4, -0.2) is 54.2 Å². The number of carbonyl (C=O) groups excluding carboxylic acids is 1. The fraction of sp³-hybridized carbons (Fsp3) is 0.941. The molecule has 0 aromatic carbocycles. The van der Waals surface area contributed by atoms with Crippen molar-refractivity contribution in [3.8, 4) is 0 Å². The molecule has 2 fully saturated rings. The first-order valence-electron chi connectivity index (χ1n) is 8.44. The van der Waals surface area contributed by atoms with Gasteiger partial charge in [-0.2, -0.15) is 0 Å². The van der Waals surface area contributed by atoms with Crippen LogP contribution in [0.1, 0.15) is 53.4 Å². The molecule has 1 amide bonds. The first kappa shape index (κ1) is 16.6. The Hall–Kier alpha value is -0.770. The van der Waals surface area contributed by atoms with E-state index in [1.165, 1.54) is 25.8 Å². The smallest absolute Gasteiger partial charge is 0.410 e. The van der Waals surface area contributed by atoms with E-state index in [-0.39, 0.29) is 6.09 Å². The standard InChI is InChI=1S/C17H32N2O2/c1-13-8-9-15(14-7-6-10-18(5)12-14)19(11-13)16(20)21-17(2,3)4/h13-15H,6-12H2,1-5H3/t13-,14+,15+/m0/s1. The van der Waals surface area contributed by atoms with Gasteiger partial charge in [0.15, 0.2) is 0 Å². The maximum Gasteiger partial charge on any atom is 0.410 e. The molecule has 0 unspecified atom stereocenters. The zero-order chi connectivity index (χ0) is 15.6. The Morgan fingerprint density at radius 2 is 1.86 bits per heavy atom. The van der Waals surface area contributed by atoms with Crippen LogP contribution in [0.25, 0.3) is 0 Å².